The van der Waals surface area contributed by atoms with Gasteiger partial charge in [-0.3, -0.25) is 0 Å². The highest BCUT2D eigenvalue weighted by molar-refractivity contribution is 6.88. The minimum Gasteiger partial charge on any atom is -0.538 e. The molecule has 4 aromatic rings. The largest absolute Gasteiger partial charge is 0.644 e. The van der Waals surface area contributed by atoms with Crippen molar-refractivity contribution in [3.8, 4) is 0 Å². The van der Waals surface area contributed by atoms with Gasteiger partial charge in [-0.2, -0.15) is 0 Å². The fourth-order valence-corrected chi connectivity index (χ4v) is 6.33. The molecule has 0 amide bonds. The molecule has 4 aromatic carbocycles. The molecule has 2 nitrogen and oxygen atoms in total. The minimum absolute atomic E-state index is 0.144. The normalized spacial score (nSPS) is 10.8. The molecule has 0 fully saturated rings. The number of hydrogen-bond acceptors (Lipinski definition) is 2. The van der Waals surface area contributed by atoms with Crippen LogP contribution in [0.3, 0.4) is 0 Å². The van der Waals surface area contributed by atoms with Gasteiger partial charge in [0.15, 0.2) is 0 Å². The van der Waals surface area contributed by atoms with Crippen LogP contribution in [-0.2, 0) is 7.41 Å². The van der Waals surface area contributed by atoms with Crippen LogP contribution >= 0.6 is 0 Å². The summed E-state index contributed by atoms with van der Waals surface area (Å²) in [6.07, 6.45) is 0. The Morgan fingerprint density at radius 3 is 1.03 bits per heavy atom. The van der Waals surface area contributed by atoms with Crippen molar-refractivity contribution >= 4 is 50.5 Å². The van der Waals surface area contributed by atoms with E-state index in [4.69, 9.17) is 7.41 Å². The monoisotopic (exact) mass is 446 g/mol. The van der Waals surface area contributed by atoms with Gasteiger partial charge in [0.1, 0.15) is 0 Å². The van der Waals surface area contributed by atoms with Crippen molar-refractivity contribution in [2.75, 3.05) is 0 Å². The maximum absolute atomic E-state index is 6.92. The van der Waals surface area contributed by atoms with Crippen molar-refractivity contribution in [3.05, 3.63) is 121 Å². The molecule has 0 radical (unpaired) electrons. The molecule has 33 heavy (non-hydrogen) atoms. The second-order valence-corrected chi connectivity index (χ2v) is 10.6. The van der Waals surface area contributed by atoms with E-state index in [1.807, 2.05) is 24.3 Å². The van der Waals surface area contributed by atoms with Crippen LogP contribution < -0.4 is 21.9 Å². The first-order chi connectivity index (χ1) is 16.2. The predicted molar refractivity (Wildman–Crippen MR) is 143 cm³/mol. The van der Waals surface area contributed by atoms with E-state index >= 15 is 0 Å². The van der Waals surface area contributed by atoms with Crippen molar-refractivity contribution in [3.63, 3.8) is 0 Å². The standard InChI is InChI=1S/2C12H10BO.C4H9.Al/c2*14-13(11-7-3-1-4-8-11)12-9-5-2-6-10-12;1-4(2)3;/h2*1-10H;4H,1H2,2-3H3;/q2*-1;;+2. The third kappa shape index (κ3) is 6.73. The van der Waals surface area contributed by atoms with Crippen molar-refractivity contribution in [2.45, 2.75) is 19.1 Å². The Hall–Kier alpha value is -2.54. The summed E-state index contributed by atoms with van der Waals surface area (Å²) in [7, 11) is 0. The van der Waals surface area contributed by atoms with E-state index in [0.29, 0.717) is 5.92 Å². The van der Waals surface area contributed by atoms with Crippen LogP contribution in [0.25, 0.3) is 0 Å². The highest BCUT2D eigenvalue weighted by Gasteiger charge is 2.37. The Morgan fingerprint density at radius 2 is 0.788 bits per heavy atom. The van der Waals surface area contributed by atoms with Crippen molar-refractivity contribution in [1.29, 1.82) is 0 Å². The zero-order valence-corrected chi connectivity index (χ0v) is 20.5. The Bertz CT molecular complexity index is 916. The molecule has 0 atom stereocenters. The molecule has 162 valence electrons. The first kappa shape index (κ1) is 23.6. The molecule has 0 N–H and O–H groups in total. The average molecular weight is 446 g/mol. The summed E-state index contributed by atoms with van der Waals surface area (Å²) in [5, 5.41) is 0.937. The molecule has 0 aliphatic rings. The van der Waals surface area contributed by atoms with Gasteiger partial charge in [-0.1, -0.05) is 141 Å². The van der Waals surface area contributed by atoms with E-state index in [1.165, 1.54) is 0 Å². The summed E-state index contributed by atoms with van der Waals surface area (Å²) in [5.74, 6) is 0.487. The first-order valence-electron chi connectivity index (χ1n) is 11.7. The lowest BCUT2D eigenvalue weighted by atomic mass is 9.56. The molecule has 0 aliphatic heterocycles. The Balaban J connectivity index is 1.67. The van der Waals surface area contributed by atoms with E-state index in [1.54, 1.807) is 0 Å². The van der Waals surface area contributed by atoms with Gasteiger partial charge in [0.05, 0.1) is 0 Å². The van der Waals surface area contributed by atoms with Gasteiger partial charge in [-0.25, -0.2) is 0 Å². The Labute approximate surface area is 203 Å². The topological polar surface area (TPSA) is 18.5 Å². The van der Waals surface area contributed by atoms with E-state index in [0.717, 1.165) is 27.1 Å². The van der Waals surface area contributed by atoms with Crippen LogP contribution in [-0.4, -0.2) is 28.6 Å². The second kappa shape index (κ2) is 12.1. The third-order valence-corrected chi connectivity index (χ3v) is 8.13. The lowest BCUT2D eigenvalue weighted by Gasteiger charge is -2.26. The summed E-state index contributed by atoms with van der Waals surface area (Å²) in [6, 6.07) is 41.9. The van der Waals surface area contributed by atoms with Gasteiger partial charge < -0.3 is 7.41 Å². The zero-order valence-electron chi connectivity index (χ0n) is 19.4. The number of rotatable bonds is 10. The Kier molecular flexibility index (Phi) is 8.64. The van der Waals surface area contributed by atoms with Gasteiger partial charge in [0.2, 0.25) is 0 Å². The summed E-state index contributed by atoms with van der Waals surface area (Å²) in [4.78, 5) is 0. The fourth-order valence-electron chi connectivity index (χ4n) is 4.04. The fraction of sp³-hybridized carbons (Fsp3) is 0.143. The van der Waals surface area contributed by atoms with E-state index in [-0.39, 0.29) is 13.8 Å². The van der Waals surface area contributed by atoms with E-state index in [9.17, 15) is 0 Å². The maximum Gasteiger partial charge on any atom is 0.644 e. The molecule has 0 aliphatic carbocycles. The van der Waals surface area contributed by atoms with Gasteiger partial charge in [-0.05, 0) is 27.1 Å². The molecule has 0 saturated heterocycles. The molecule has 0 heterocycles. The zero-order chi connectivity index (χ0) is 22.9. The summed E-state index contributed by atoms with van der Waals surface area (Å²) in [5.41, 5.74) is 4.63. The number of hydrogen-bond donors (Lipinski definition) is 0. The summed E-state index contributed by atoms with van der Waals surface area (Å²) in [6.45, 7) is 4.20. The molecule has 4 rings (SSSR count). The second-order valence-electron chi connectivity index (χ2n) is 8.73. The smallest absolute Gasteiger partial charge is 0.538 e. The first-order valence-corrected chi connectivity index (χ1v) is 13.5. The highest BCUT2D eigenvalue weighted by atomic mass is 27.2. The lowest BCUT2D eigenvalue weighted by molar-refractivity contribution is 0.433. The van der Waals surface area contributed by atoms with Gasteiger partial charge in [-0.15, -0.1) is 0 Å². The predicted octanol–water partition coefficient (Wildman–Crippen LogP) is 3.78. The van der Waals surface area contributed by atoms with Gasteiger partial charge in [0, 0.05) is 0 Å². The maximum atomic E-state index is 6.92. The molecular weight excluding hydrogens is 417 g/mol. The van der Waals surface area contributed by atoms with Crippen LogP contribution in [0.1, 0.15) is 13.8 Å². The van der Waals surface area contributed by atoms with Crippen LogP contribution in [0.4, 0.5) is 0 Å². The van der Waals surface area contributed by atoms with E-state index in [2.05, 4.69) is 111 Å². The highest BCUT2D eigenvalue weighted by Crippen LogP contribution is 2.12. The molecule has 0 spiro atoms. The molecule has 0 bridgehead atoms. The quantitative estimate of drug-likeness (QED) is 0.346. The van der Waals surface area contributed by atoms with Crippen LogP contribution in [0.5, 0.6) is 0 Å². The summed E-state index contributed by atoms with van der Waals surface area (Å²) >= 11 is -2.09. The molecule has 0 saturated carbocycles. The van der Waals surface area contributed by atoms with Gasteiger partial charge in [0.25, 0.3) is 0 Å². The van der Waals surface area contributed by atoms with Crippen molar-refractivity contribution < 1.29 is 7.41 Å². The molecule has 0 unspecified atom stereocenters. The van der Waals surface area contributed by atoms with E-state index < -0.39 is 14.8 Å². The SMILES string of the molecule is CC(C)[CH2][Al]([O]B(c1ccccc1)c1ccccc1)[O]B(c1ccccc1)c1ccccc1. The van der Waals surface area contributed by atoms with Crippen LogP contribution in [0, 0.1) is 5.92 Å². The number of benzene rings is 4. The van der Waals surface area contributed by atoms with Crippen molar-refractivity contribution in [2.24, 2.45) is 5.92 Å². The van der Waals surface area contributed by atoms with Crippen LogP contribution in [0.15, 0.2) is 121 Å². The molecule has 0 aromatic heterocycles. The Morgan fingerprint density at radius 1 is 0.515 bits per heavy atom. The lowest BCUT2D eigenvalue weighted by Crippen LogP contribution is -2.54. The van der Waals surface area contributed by atoms with Gasteiger partial charge >= 0.3 is 28.6 Å². The average Bonchev–Trinajstić information content (AvgIpc) is 2.87. The minimum atomic E-state index is -2.09. The van der Waals surface area contributed by atoms with Crippen molar-refractivity contribution in [1.82, 2.24) is 0 Å². The third-order valence-electron chi connectivity index (χ3n) is 5.65. The molecule has 5 heteroatoms. The molecular formula is C28H29AlB2O2. The van der Waals surface area contributed by atoms with Crippen LogP contribution in [0.2, 0.25) is 5.28 Å². The summed E-state index contributed by atoms with van der Waals surface area (Å²) < 4.78 is 13.8.